The molecule has 0 aliphatic heterocycles. The zero-order valence-electron chi connectivity index (χ0n) is 11.4. The van der Waals surface area contributed by atoms with Gasteiger partial charge in [-0.1, -0.05) is 34.6 Å². The molecule has 1 heterocycles. The Morgan fingerprint density at radius 2 is 1.61 bits per heavy atom. The predicted molar refractivity (Wildman–Crippen MR) is 63.4 cm³/mol. The van der Waals surface area contributed by atoms with E-state index in [9.17, 15) is 18.4 Å². The van der Waals surface area contributed by atoms with E-state index in [2.05, 4.69) is 0 Å². The van der Waals surface area contributed by atoms with Crippen LogP contribution in [0.5, 0.6) is 0 Å². The Bertz CT molecular complexity index is 375. The number of nitrogens with zero attached hydrogens (tertiary/aromatic N) is 1. The molecule has 0 aromatic carbocycles. The van der Waals surface area contributed by atoms with Crippen LogP contribution in [0.25, 0.3) is 0 Å². The SMILES string of the molecule is CC.CC(C)[C@H](C)c1ccc(C(F)(F)F)[n+](O)c1. The molecule has 0 amide bonds. The minimum Gasteiger partial charge on any atom is -0.285 e. The lowest BCUT2D eigenvalue weighted by atomic mass is 9.91. The fourth-order valence-electron chi connectivity index (χ4n) is 1.38. The quantitative estimate of drug-likeness (QED) is 0.633. The summed E-state index contributed by atoms with van der Waals surface area (Å²) in [7, 11) is 0. The summed E-state index contributed by atoms with van der Waals surface area (Å²) in [6, 6.07) is 2.30. The van der Waals surface area contributed by atoms with Gasteiger partial charge in [0.05, 0.1) is 0 Å². The van der Waals surface area contributed by atoms with E-state index in [4.69, 9.17) is 0 Å². The Kier molecular flexibility index (Phi) is 6.15. The van der Waals surface area contributed by atoms with Gasteiger partial charge in [-0.2, -0.15) is 13.2 Å². The Morgan fingerprint density at radius 1 is 1.11 bits per heavy atom. The Hall–Kier alpha value is -1.26. The number of pyridine rings is 1. The van der Waals surface area contributed by atoms with E-state index >= 15 is 0 Å². The molecular weight excluding hydrogens is 243 g/mol. The first kappa shape index (κ1) is 16.7. The fourth-order valence-corrected chi connectivity index (χ4v) is 1.38. The van der Waals surface area contributed by atoms with Crippen molar-refractivity contribution >= 4 is 0 Å². The molecule has 104 valence electrons. The van der Waals surface area contributed by atoms with Crippen molar-refractivity contribution in [3.8, 4) is 0 Å². The Labute approximate surface area is 106 Å². The molecule has 1 N–H and O–H groups in total. The van der Waals surface area contributed by atoms with Crippen LogP contribution >= 0.6 is 0 Å². The van der Waals surface area contributed by atoms with Crippen molar-refractivity contribution in [2.45, 2.75) is 46.7 Å². The average molecular weight is 264 g/mol. The van der Waals surface area contributed by atoms with E-state index in [1.807, 2.05) is 34.6 Å². The molecule has 0 radical (unpaired) electrons. The van der Waals surface area contributed by atoms with Gasteiger partial charge in [0.1, 0.15) is 0 Å². The van der Waals surface area contributed by atoms with E-state index < -0.39 is 11.9 Å². The number of alkyl halides is 3. The molecule has 18 heavy (non-hydrogen) atoms. The van der Waals surface area contributed by atoms with Gasteiger partial charge in [0, 0.05) is 16.4 Å². The summed E-state index contributed by atoms with van der Waals surface area (Å²) in [4.78, 5) is 0. The zero-order valence-corrected chi connectivity index (χ0v) is 11.4. The second-order valence-electron chi connectivity index (χ2n) is 4.22. The Morgan fingerprint density at radius 3 is 1.94 bits per heavy atom. The molecule has 0 saturated heterocycles. The normalized spacial score (nSPS) is 12.9. The van der Waals surface area contributed by atoms with Crippen LogP contribution in [0, 0.1) is 5.92 Å². The molecule has 1 aromatic heterocycles. The fraction of sp³-hybridized carbons (Fsp3) is 0.615. The first-order valence-electron chi connectivity index (χ1n) is 6.05. The summed E-state index contributed by atoms with van der Waals surface area (Å²) in [5.74, 6) is 0.400. The van der Waals surface area contributed by atoms with Crippen LogP contribution in [0.3, 0.4) is 0 Å². The van der Waals surface area contributed by atoms with Gasteiger partial charge in [-0.3, -0.25) is 5.21 Å². The maximum atomic E-state index is 12.4. The summed E-state index contributed by atoms with van der Waals surface area (Å²) in [5, 5.41) is 9.25. The van der Waals surface area contributed by atoms with Crippen LogP contribution in [0.4, 0.5) is 13.2 Å². The van der Waals surface area contributed by atoms with Gasteiger partial charge < -0.3 is 0 Å². The largest absolute Gasteiger partial charge is 0.482 e. The van der Waals surface area contributed by atoms with E-state index in [1.165, 1.54) is 6.07 Å². The minimum absolute atomic E-state index is 0.0979. The molecule has 0 spiro atoms. The standard InChI is InChI=1S/C11H15F3NO.C2H6/c1-7(2)8(3)9-4-5-10(11(12,13)14)15(16)6-9;1-2/h4-8,16H,1-3H3;1-2H3/q+1;/t8-;/m0./s1. The highest BCUT2D eigenvalue weighted by molar-refractivity contribution is 5.15. The summed E-state index contributed by atoms with van der Waals surface area (Å²) < 4.78 is 37.2. The lowest BCUT2D eigenvalue weighted by Gasteiger charge is -2.14. The molecule has 0 bridgehead atoms. The van der Waals surface area contributed by atoms with Crippen molar-refractivity contribution in [2.75, 3.05) is 0 Å². The van der Waals surface area contributed by atoms with Crippen LogP contribution in [0.1, 0.15) is 51.8 Å². The van der Waals surface area contributed by atoms with Crippen molar-refractivity contribution in [3.63, 3.8) is 0 Å². The Balaban J connectivity index is 0.00000137. The third-order valence-electron chi connectivity index (χ3n) is 2.77. The number of hydrogen-bond acceptors (Lipinski definition) is 1. The highest BCUT2D eigenvalue weighted by Gasteiger charge is 2.42. The second-order valence-corrected chi connectivity index (χ2v) is 4.22. The maximum absolute atomic E-state index is 12.4. The van der Waals surface area contributed by atoms with E-state index in [1.54, 1.807) is 0 Å². The van der Waals surface area contributed by atoms with Gasteiger partial charge in [-0.25, -0.2) is 0 Å². The lowest BCUT2D eigenvalue weighted by molar-refractivity contribution is -0.915. The highest BCUT2D eigenvalue weighted by atomic mass is 19.4. The molecule has 0 unspecified atom stereocenters. The first-order valence-corrected chi connectivity index (χ1v) is 6.05. The molecule has 1 rings (SSSR count). The topological polar surface area (TPSA) is 24.1 Å². The average Bonchev–Trinajstić information content (AvgIpc) is 2.28. The number of rotatable bonds is 2. The summed E-state index contributed by atoms with van der Waals surface area (Å²) in [6.45, 7) is 9.86. The summed E-state index contributed by atoms with van der Waals surface area (Å²) >= 11 is 0. The smallest absolute Gasteiger partial charge is 0.285 e. The van der Waals surface area contributed by atoms with Crippen molar-refractivity contribution < 1.29 is 23.1 Å². The van der Waals surface area contributed by atoms with Crippen molar-refractivity contribution in [1.82, 2.24) is 0 Å². The highest BCUT2D eigenvalue weighted by Crippen LogP contribution is 2.28. The van der Waals surface area contributed by atoms with Crippen molar-refractivity contribution in [2.24, 2.45) is 5.92 Å². The van der Waals surface area contributed by atoms with Crippen LogP contribution < -0.4 is 4.73 Å². The predicted octanol–water partition coefficient (Wildman–Crippen LogP) is 4.02. The van der Waals surface area contributed by atoms with Crippen LogP contribution in [-0.4, -0.2) is 5.21 Å². The molecule has 0 fully saturated rings. The van der Waals surface area contributed by atoms with Gasteiger partial charge >= 0.3 is 11.9 Å². The van der Waals surface area contributed by atoms with Gasteiger partial charge in [0.15, 0.2) is 0 Å². The number of hydrogen-bond donors (Lipinski definition) is 1. The molecule has 1 atom stereocenters. The van der Waals surface area contributed by atoms with E-state index in [-0.39, 0.29) is 10.6 Å². The van der Waals surface area contributed by atoms with E-state index in [0.29, 0.717) is 11.5 Å². The third kappa shape index (κ3) is 4.20. The molecule has 0 aliphatic rings. The molecular formula is C13H21F3NO+. The second kappa shape index (κ2) is 6.61. The third-order valence-corrected chi connectivity index (χ3v) is 2.77. The zero-order chi connectivity index (χ0) is 14.5. The number of halogens is 3. The first-order chi connectivity index (χ1) is 8.23. The molecule has 2 nitrogen and oxygen atoms in total. The van der Waals surface area contributed by atoms with E-state index in [0.717, 1.165) is 12.3 Å². The van der Waals surface area contributed by atoms with Gasteiger partial charge in [0.2, 0.25) is 6.20 Å². The monoisotopic (exact) mass is 264 g/mol. The maximum Gasteiger partial charge on any atom is 0.482 e. The molecule has 5 heteroatoms. The van der Waals surface area contributed by atoms with Gasteiger partial charge in [-0.15, -0.1) is 0 Å². The lowest BCUT2D eigenvalue weighted by Crippen LogP contribution is -2.39. The molecule has 1 aromatic rings. The van der Waals surface area contributed by atoms with Crippen molar-refractivity contribution in [1.29, 1.82) is 0 Å². The van der Waals surface area contributed by atoms with Crippen LogP contribution in [0.15, 0.2) is 18.3 Å². The van der Waals surface area contributed by atoms with Gasteiger partial charge in [-0.05, 0) is 17.9 Å². The van der Waals surface area contributed by atoms with Crippen LogP contribution in [0.2, 0.25) is 0 Å². The molecule has 0 saturated carbocycles. The molecule has 0 aliphatic carbocycles. The number of aromatic nitrogens is 1. The summed E-state index contributed by atoms with van der Waals surface area (Å²) in [5.41, 5.74) is -0.377. The van der Waals surface area contributed by atoms with Gasteiger partial charge in [0.25, 0.3) is 0 Å². The van der Waals surface area contributed by atoms with Crippen molar-refractivity contribution in [3.05, 3.63) is 29.6 Å². The summed E-state index contributed by atoms with van der Waals surface area (Å²) in [6.07, 6.45) is -3.41. The van der Waals surface area contributed by atoms with Crippen LogP contribution in [-0.2, 0) is 6.18 Å². The minimum atomic E-state index is -4.53.